The van der Waals surface area contributed by atoms with Crippen molar-refractivity contribution in [3.8, 4) is 0 Å². The largest absolute Gasteiger partial charge is 0.387 e. The van der Waals surface area contributed by atoms with Crippen LogP contribution in [0.2, 0.25) is 0 Å². The molecular weight excluding hydrogens is 194 g/mol. The normalized spacial score (nSPS) is 54.6. The quantitative estimate of drug-likeness (QED) is 0.230. The molecule has 0 aromatic carbocycles. The van der Waals surface area contributed by atoms with E-state index in [0.29, 0.717) is 0 Å². The lowest BCUT2D eigenvalue weighted by Crippen LogP contribution is -2.73. The van der Waals surface area contributed by atoms with Gasteiger partial charge >= 0.3 is 0 Å². The van der Waals surface area contributed by atoms with Crippen LogP contribution >= 0.6 is 0 Å². The van der Waals surface area contributed by atoms with Crippen molar-refractivity contribution in [1.82, 2.24) is 0 Å². The molecule has 0 amide bonds. The van der Waals surface area contributed by atoms with Gasteiger partial charge in [-0.2, -0.15) is 0 Å². The third kappa shape index (κ3) is 1.43. The highest BCUT2D eigenvalue weighted by Gasteiger charge is 2.56. The Hall–Kier alpha value is -0.280. The van der Waals surface area contributed by atoms with E-state index in [4.69, 9.17) is 10.8 Å². The van der Waals surface area contributed by atoms with E-state index in [2.05, 4.69) is 0 Å². The highest BCUT2D eigenvalue weighted by molar-refractivity contribution is 5.08. The van der Waals surface area contributed by atoms with Crippen LogP contribution in [0.4, 0.5) is 0 Å². The molecule has 1 aliphatic rings. The zero-order chi connectivity index (χ0) is 11.1. The van der Waals surface area contributed by atoms with Crippen LogP contribution in [0, 0.1) is 0 Å². The Morgan fingerprint density at radius 3 is 1.50 bits per heavy atom. The average Bonchev–Trinajstić information content (AvgIpc) is 2.21. The molecule has 4 atom stereocenters. The maximum Gasteiger partial charge on any atom is 0.134 e. The van der Waals surface area contributed by atoms with E-state index < -0.39 is 42.7 Å². The van der Waals surface area contributed by atoms with Gasteiger partial charge in [-0.25, -0.2) is 0 Å². The molecule has 0 bridgehead atoms. The summed E-state index contributed by atoms with van der Waals surface area (Å²) >= 11 is 0. The number of nitrogens with two attached hydrogens (primary N) is 1. The van der Waals surface area contributed by atoms with Crippen LogP contribution in [0.5, 0.6) is 0 Å². The molecule has 0 aromatic rings. The molecule has 0 aromatic heterocycles. The molecule has 7 nitrogen and oxygen atoms in total. The fraction of sp³-hybridized carbons (Fsp3) is 1.00. The first-order valence-electron chi connectivity index (χ1n) is 4.19. The molecule has 1 fully saturated rings. The van der Waals surface area contributed by atoms with Gasteiger partial charge in [0.2, 0.25) is 0 Å². The Morgan fingerprint density at radius 2 is 1.21 bits per heavy atom. The second kappa shape index (κ2) is 3.70. The molecule has 7 heteroatoms. The maximum absolute atomic E-state index is 9.62. The van der Waals surface area contributed by atoms with Gasteiger partial charge in [-0.05, 0) is 0 Å². The predicted molar refractivity (Wildman–Crippen MR) is 44.0 cm³/mol. The van der Waals surface area contributed by atoms with Crippen molar-refractivity contribution in [2.75, 3.05) is 6.54 Å². The van der Waals surface area contributed by atoms with Crippen molar-refractivity contribution in [2.45, 2.75) is 36.1 Å². The fourth-order valence-corrected chi connectivity index (χ4v) is 1.58. The highest BCUT2D eigenvalue weighted by atomic mass is 16.4. The second-order valence-corrected chi connectivity index (χ2v) is 3.56. The summed E-state index contributed by atoms with van der Waals surface area (Å²) in [4.78, 5) is 0. The summed E-state index contributed by atoms with van der Waals surface area (Å²) in [5, 5.41) is 55.9. The van der Waals surface area contributed by atoms with Crippen LogP contribution in [0.25, 0.3) is 0 Å². The Morgan fingerprint density at radius 1 is 0.857 bits per heavy atom. The molecule has 0 saturated heterocycles. The number of rotatable bonds is 1. The van der Waals surface area contributed by atoms with Crippen LogP contribution in [0.3, 0.4) is 0 Å². The third-order valence-corrected chi connectivity index (χ3v) is 2.70. The molecular formula is C7H15NO6. The highest BCUT2D eigenvalue weighted by Crippen LogP contribution is 2.29. The smallest absolute Gasteiger partial charge is 0.134 e. The lowest BCUT2D eigenvalue weighted by atomic mass is 9.75. The average molecular weight is 209 g/mol. The Balaban J connectivity index is 2.98. The van der Waals surface area contributed by atoms with Gasteiger partial charge in [0.25, 0.3) is 0 Å². The molecule has 1 aliphatic carbocycles. The van der Waals surface area contributed by atoms with E-state index in [1.54, 1.807) is 0 Å². The maximum atomic E-state index is 9.62. The molecule has 84 valence electrons. The van der Waals surface area contributed by atoms with Gasteiger partial charge < -0.3 is 36.4 Å². The predicted octanol–water partition coefficient (Wildman–Crippen LogP) is -4.51. The van der Waals surface area contributed by atoms with Gasteiger partial charge in [0.1, 0.15) is 36.1 Å². The number of aliphatic hydroxyl groups is 6. The van der Waals surface area contributed by atoms with Crippen LogP contribution in [-0.4, -0.2) is 73.3 Å². The summed E-state index contributed by atoms with van der Waals surface area (Å²) in [6.07, 6.45) is -8.82. The van der Waals surface area contributed by atoms with Crippen molar-refractivity contribution < 1.29 is 30.6 Å². The summed E-state index contributed by atoms with van der Waals surface area (Å²) in [5.41, 5.74) is 2.90. The summed E-state index contributed by atoms with van der Waals surface area (Å²) in [5.74, 6) is 0. The number of aliphatic hydroxyl groups excluding tert-OH is 5. The molecule has 0 heterocycles. The van der Waals surface area contributed by atoms with E-state index in [9.17, 15) is 25.5 Å². The number of hydrogen-bond acceptors (Lipinski definition) is 7. The number of hydrogen-bond donors (Lipinski definition) is 7. The molecule has 4 unspecified atom stereocenters. The molecule has 8 N–H and O–H groups in total. The van der Waals surface area contributed by atoms with Crippen molar-refractivity contribution in [3.63, 3.8) is 0 Å². The standard InChI is InChI=1S/C7H15NO6/c8-1-7(14)5(12)3(10)2(9)4(11)6(7)13/h2-6,9-14H,1,8H2. The Kier molecular flexibility index (Phi) is 3.12. The van der Waals surface area contributed by atoms with E-state index >= 15 is 0 Å². The first-order valence-corrected chi connectivity index (χ1v) is 4.19. The second-order valence-electron chi connectivity index (χ2n) is 3.56. The zero-order valence-electron chi connectivity index (χ0n) is 7.35. The first-order chi connectivity index (χ1) is 6.36. The lowest BCUT2D eigenvalue weighted by molar-refractivity contribution is -0.264. The van der Waals surface area contributed by atoms with Crippen molar-refractivity contribution in [1.29, 1.82) is 0 Å². The Labute approximate surface area is 80.0 Å². The van der Waals surface area contributed by atoms with Gasteiger partial charge in [-0.3, -0.25) is 0 Å². The summed E-state index contributed by atoms with van der Waals surface area (Å²) in [7, 11) is 0. The van der Waals surface area contributed by atoms with Crippen molar-refractivity contribution >= 4 is 0 Å². The van der Waals surface area contributed by atoms with E-state index in [1.165, 1.54) is 0 Å². The van der Waals surface area contributed by atoms with Gasteiger partial charge in [0.05, 0.1) is 0 Å². The minimum Gasteiger partial charge on any atom is -0.387 e. The van der Waals surface area contributed by atoms with Crippen LogP contribution in [0.15, 0.2) is 0 Å². The van der Waals surface area contributed by atoms with E-state index in [1.807, 2.05) is 0 Å². The molecule has 1 saturated carbocycles. The minimum atomic E-state index is -2.21. The molecule has 0 spiro atoms. The SMILES string of the molecule is NCC1(O)C(O)C(O)C(O)C(O)C1O. The van der Waals surface area contributed by atoms with Gasteiger partial charge in [-0.15, -0.1) is 0 Å². The summed E-state index contributed by atoms with van der Waals surface area (Å²) in [6.45, 7) is -0.545. The zero-order valence-corrected chi connectivity index (χ0v) is 7.35. The third-order valence-electron chi connectivity index (χ3n) is 2.70. The minimum absolute atomic E-state index is 0.545. The van der Waals surface area contributed by atoms with E-state index in [-0.39, 0.29) is 0 Å². The van der Waals surface area contributed by atoms with Gasteiger partial charge in [-0.1, -0.05) is 0 Å². The van der Waals surface area contributed by atoms with Gasteiger partial charge in [0.15, 0.2) is 0 Å². The topological polar surface area (TPSA) is 147 Å². The lowest BCUT2D eigenvalue weighted by Gasteiger charge is -2.47. The van der Waals surface area contributed by atoms with Crippen LogP contribution in [-0.2, 0) is 0 Å². The summed E-state index contributed by atoms with van der Waals surface area (Å²) < 4.78 is 0. The van der Waals surface area contributed by atoms with Crippen LogP contribution < -0.4 is 5.73 Å². The summed E-state index contributed by atoms with van der Waals surface area (Å²) in [6, 6.07) is 0. The van der Waals surface area contributed by atoms with Crippen molar-refractivity contribution in [2.24, 2.45) is 5.73 Å². The van der Waals surface area contributed by atoms with E-state index in [0.717, 1.165) is 0 Å². The Bertz CT molecular complexity index is 196. The van der Waals surface area contributed by atoms with Crippen molar-refractivity contribution in [3.05, 3.63) is 0 Å². The molecule has 0 aliphatic heterocycles. The molecule has 0 radical (unpaired) electrons. The van der Waals surface area contributed by atoms with Gasteiger partial charge in [0, 0.05) is 6.54 Å². The molecule has 1 rings (SSSR count). The monoisotopic (exact) mass is 209 g/mol. The fourth-order valence-electron chi connectivity index (χ4n) is 1.58. The molecule has 14 heavy (non-hydrogen) atoms. The first kappa shape index (κ1) is 11.8. The van der Waals surface area contributed by atoms with Crippen LogP contribution in [0.1, 0.15) is 0 Å².